The van der Waals surface area contributed by atoms with Crippen LogP contribution >= 0.6 is 15.9 Å². The second-order valence-electron chi connectivity index (χ2n) is 2.33. The first-order valence-electron chi connectivity index (χ1n) is 4.13. The predicted molar refractivity (Wildman–Crippen MR) is 53.6 cm³/mol. The minimum atomic E-state index is 0.538. The lowest BCUT2D eigenvalue weighted by Gasteiger charge is -2.21. The molecule has 1 aliphatic rings. The fourth-order valence-corrected chi connectivity index (χ4v) is 0.995. The van der Waals surface area contributed by atoms with Crippen LogP contribution in [0.1, 0.15) is 6.92 Å². The maximum atomic E-state index is 5.28. The molecule has 0 aromatic heterocycles. The fourth-order valence-electron chi connectivity index (χ4n) is 0.775. The molecule has 13 heavy (non-hydrogen) atoms. The van der Waals surface area contributed by atoms with Gasteiger partial charge in [0, 0.05) is 17.3 Å². The lowest BCUT2D eigenvalue weighted by atomic mass is 10.5. The first kappa shape index (κ1) is 10.6. The van der Waals surface area contributed by atoms with Crippen LogP contribution in [-0.4, -0.2) is 25.0 Å². The highest BCUT2D eigenvalue weighted by Crippen LogP contribution is 2.09. The van der Waals surface area contributed by atoms with Crippen LogP contribution in [0.3, 0.4) is 0 Å². The van der Waals surface area contributed by atoms with E-state index in [2.05, 4.69) is 21.4 Å². The topological polar surface area (TPSA) is 33.7 Å². The van der Waals surface area contributed by atoms with Gasteiger partial charge in [-0.25, -0.2) is 0 Å². The molecule has 0 spiro atoms. The molecule has 0 aliphatic carbocycles. The maximum absolute atomic E-state index is 5.28. The molecule has 0 aromatic carbocycles. The van der Waals surface area contributed by atoms with Crippen molar-refractivity contribution in [2.24, 2.45) is 0 Å². The molecule has 1 heterocycles. The van der Waals surface area contributed by atoms with E-state index >= 15 is 0 Å². The van der Waals surface area contributed by atoms with E-state index in [1.54, 1.807) is 12.4 Å². The quantitative estimate of drug-likeness (QED) is 0.749. The Kier molecular flexibility index (Phi) is 4.88. The summed E-state index contributed by atoms with van der Waals surface area (Å²) >= 11 is 3.31. The van der Waals surface area contributed by atoms with Crippen molar-refractivity contribution in [3.8, 4) is 0 Å². The van der Waals surface area contributed by atoms with Gasteiger partial charge in [0.05, 0.1) is 12.8 Å². The van der Waals surface area contributed by atoms with Crippen molar-refractivity contribution in [1.82, 2.24) is 10.6 Å². The number of nitrogens with zero attached hydrogens (tertiary/aromatic N) is 1. The highest BCUT2D eigenvalue weighted by atomic mass is 79.9. The second kappa shape index (κ2) is 6.01. The van der Waals surface area contributed by atoms with Crippen molar-refractivity contribution in [3.05, 3.63) is 23.0 Å². The van der Waals surface area contributed by atoms with Crippen LogP contribution in [0.2, 0.25) is 0 Å². The Labute approximate surface area is 86.2 Å². The summed E-state index contributed by atoms with van der Waals surface area (Å²) in [5, 5.41) is 1.53. The highest BCUT2D eigenvalue weighted by Gasteiger charge is 2.01. The molecular formula is C8H13BrN2O2. The number of hydroxylamine groups is 1. The number of hydrazine groups is 1. The summed E-state index contributed by atoms with van der Waals surface area (Å²) in [6, 6.07) is 0. The zero-order chi connectivity index (χ0) is 9.52. The number of halogens is 1. The fraction of sp³-hybridized carbons (Fsp3) is 0.500. The monoisotopic (exact) mass is 248 g/mol. The molecule has 74 valence electrons. The van der Waals surface area contributed by atoms with Crippen LogP contribution < -0.4 is 5.43 Å². The summed E-state index contributed by atoms with van der Waals surface area (Å²) in [5.74, 6) is 0. The lowest BCUT2D eigenvalue weighted by molar-refractivity contribution is -0.159. The number of allylic oxidation sites excluding steroid dienone is 2. The molecule has 1 N–H and O–H groups in total. The Morgan fingerprint density at radius 2 is 2.38 bits per heavy atom. The average molecular weight is 249 g/mol. The number of hydrogen-bond donors (Lipinski definition) is 1. The van der Waals surface area contributed by atoms with E-state index in [-0.39, 0.29) is 0 Å². The largest absolute Gasteiger partial charge is 0.379 e. The second-order valence-corrected chi connectivity index (χ2v) is 3.25. The lowest BCUT2D eigenvalue weighted by Crippen LogP contribution is -2.32. The van der Waals surface area contributed by atoms with Crippen molar-refractivity contribution < 1.29 is 9.57 Å². The van der Waals surface area contributed by atoms with Crippen LogP contribution in [0.5, 0.6) is 0 Å². The first-order valence-corrected chi connectivity index (χ1v) is 4.92. The van der Waals surface area contributed by atoms with Gasteiger partial charge in [0.1, 0.15) is 6.61 Å². The van der Waals surface area contributed by atoms with E-state index in [0.29, 0.717) is 13.2 Å². The standard InChI is InChI=1S/C8H13BrN2O2/c1-2-12-5-6-13-11-4-3-8(9)7-10-11/h3-4,7,10H,2,5-6H2,1H3. The molecule has 0 unspecified atom stereocenters. The van der Waals surface area contributed by atoms with Gasteiger partial charge in [-0.2, -0.15) is 5.17 Å². The molecule has 0 radical (unpaired) electrons. The van der Waals surface area contributed by atoms with Crippen LogP contribution in [0.25, 0.3) is 0 Å². The van der Waals surface area contributed by atoms with Gasteiger partial charge in [-0.1, -0.05) is 0 Å². The Balaban J connectivity index is 2.07. The van der Waals surface area contributed by atoms with Gasteiger partial charge in [0.15, 0.2) is 0 Å². The van der Waals surface area contributed by atoms with Crippen molar-refractivity contribution >= 4 is 15.9 Å². The zero-order valence-electron chi connectivity index (χ0n) is 7.50. The Morgan fingerprint density at radius 1 is 1.54 bits per heavy atom. The molecule has 0 bridgehead atoms. The third-order valence-electron chi connectivity index (χ3n) is 1.36. The highest BCUT2D eigenvalue weighted by molar-refractivity contribution is 9.11. The third-order valence-corrected chi connectivity index (χ3v) is 1.85. The average Bonchev–Trinajstić information content (AvgIpc) is 2.15. The van der Waals surface area contributed by atoms with Gasteiger partial charge < -0.3 is 4.74 Å². The van der Waals surface area contributed by atoms with Crippen molar-refractivity contribution in [3.63, 3.8) is 0 Å². The van der Waals surface area contributed by atoms with Crippen LogP contribution in [0.15, 0.2) is 23.0 Å². The molecule has 0 atom stereocenters. The van der Waals surface area contributed by atoms with Gasteiger partial charge in [-0.15, -0.1) is 0 Å². The summed E-state index contributed by atoms with van der Waals surface area (Å²) in [5.41, 5.74) is 2.91. The number of hydrogen-bond acceptors (Lipinski definition) is 4. The summed E-state index contributed by atoms with van der Waals surface area (Å²) in [6.45, 7) is 3.82. The molecular weight excluding hydrogens is 236 g/mol. The molecule has 0 aromatic rings. The molecule has 1 aliphatic heterocycles. The van der Waals surface area contributed by atoms with E-state index in [0.717, 1.165) is 11.1 Å². The van der Waals surface area contributed by atoms with E-state index in [1.165, 1.54) is 5.17 Å². The van der Waals surface area contributed by atoms with Gasteiger partial charge in [-0.3, -0.25) is 10.3 Å². The van der Waals surface area contributed by atoms with Crippen LogP contribution in [0, 0.1) is 0 Å². The molecule has 5 heteroatoms. The normalized spacial score (nSPS) is 15.5. The van der Waals surface area contributed by atoms with Crippen LogP contribution in [-0.2, 0) is 9.57 Å². The summed E-state index contributed by atoms with van der Waals surface area (Å²) in [7, 11) is 0. The number of nitrogens with one attached hydrogen (secondary N) is 1. The summed E-state index contributed by atoms with van der Waals surface area (Å²) < 4.78 is 6.10. The molecule has 4 nitrogen and oxygen atoms in total. The van der Waals surface area contributed by atoms with Gasteiger partial charge >= 0.3 is 0 Å². The van der Waals surface area contributed by atoms with E-state index in [1.807, 2.05) is 13.0 Å². The SMILES string of the molecule is CCOCCON1C=CC(Br)=CN1. The first-order chi connectivity index (χ1) is 6.33. The minimum absolute atomic E-state index is 0.538. The van der Waals surface area contributed by atoms with Crippen molar-refractivity contribution in [1.29, 1.82) is 0 Å². The molecule has 0 amide bonds. The Hall–Kier alpha value is -0.520. The van der Waals surface area contributed by atoms with Crippen LogP contribution in [0.4, 0.5) is 0 Å². The number of ether oxygens (including phenoxy) is 1. The summed E-state index contributed by atoms with van der Waals surface area (Å²) in [6.07, 6.45) is 5.47. The minimum Gasteiger partial charge on any atom is -0.379 e. The van der Waals surface area contributed by atoms with Crippen molar-refractivity contribution in [2.75, 3.05) is 19.8 Å². The Bertz CT molecular complexity index is 206. The smallest absolute Gasteiger partial charge is 0.100 e. The molecule has 1 rings (SSSR count). The Morgan fingerprint density at radius 3 is 3.00 bits per heavy atom. The van der Waals surface area contributed by atoms with E-state index in [4.69, 9.17) is 9.57 Å². The molecule has 0 fully saturated rings. The number of rotatable bonds is 5. The van der Waals surface area contributed by atoms with Gasteiger partial charge in [0.2, 0.25) is 0 Å². The predicted octanol–water partition coefficient (Wildman–Crippen LogP) is 1.52. The summed E-state index contributed by atoms with van der Waals surface area (Å²) in [4.78, 5) is 5.28. The molecule has 0 saturated carbocycles. The maximum Gasteiger partial charge on any atom is 0.100 e. The van der Waals surface area contributed by atoms with Gasteiger partial charge in [-0.05, 0) is 28.9 Å². The van der Waals surface area contributed by atoms with Gasteiger partial charge in [0.25, 0.3) is 0 Å². The third kappa shape index (κ3) is 4.31. The van der Waals surface area contributed by atoms with E-state index in [9.17, 15) is 0 Å². The van der Waals surface area contributed by atoms with E-state index < -0.39 is 0 Å². The molecule has 0 saturated heterocycles. The van der Waals surface area contributed by atoms with Crippen molar-refractivity contribution in [2.45, 2.75) is 6.92 Å². The zero-order valence-corrected chi connectivity index (χ0v) is 9.08.